The van der Waals surface area contributed by atoms with Crippen LogP contribution in [0.2, 0.25) is 0 Å². The number of hydrogen-bond donors (Lipinski definition) is 2. The minimum Gasteiger partial charge on any atom is -0.392 e. The van der Waals surface area contributed by atoms with Crippen LogP contribution in [0.1, 0.15) is 11.1 Å². The first-order chi connectivity index (χ1) is 6.63. The summed E-state index contributed by atoms with van der Waals surface area (Å²) in [5, 5.41) is 8.86. The maximum absolute atomic E-state index is 12.7. The Morgan fingerprint density at radius 2 is 2.29 bits per heavy atom. The van der Waals surface area contributed by atoms with Crippen molar-refractivity contribution in [3.8, 4) is 11.8 Å². The molecule has 1 aromatic carbocycles. The number of nitrogens with two attached hydrogens (primary N) is 1. The third kappa shape index (κ3) is 2.57. The lowest BCUT2D eigenvalue weighted by Gasteiger charge is -1.99. The summed E-state index contributed by atoms with van der Waals surface area (Å²) in [7, 11) is 0. The lowest BCUT2D eigenvalue weighted by Crippen LogP contribution is -2.06. The van der Waals surface area contributed by atoms with E-state index in [1.807, 2.05) is 0 Å². The van der Waals surface area contributed by atoms with Gasteiger partial charge in [-0.3, -0.25) is 4.79 Å². The van der Waals surface area contributed by atoms with Crippen molar-refractivity contribution in [2.24, 2.45) is 5.73 Å². The Bertz CT molecular complexity index is 418. The van der Waals surface area contributed by atoms with Crippen LogP contribution in [0.3, 0.4) is 0 Å². The molecule has 0 heterocycles. The van der Waals surface area contributed by atoms with Gasteiger partial charge in [-0.05, 0) is 29.7 Å². The van der Waals surface area contributed by atoms with Gasteiger partial charge < -0.3 is 10.8 Å². The number of benzene rings is 1. The standard InChI is InChI=1S/C10H8FNO2/c11-9-3-1-7(2-4-10(12)14)8(5-9)6-13/h1,3,5,13H,6H2,(H2,12,14). The first-order valence-electron chi connectivity index (χ1n) is 3.84. The van der Waals surface area contributed by atoms with Crippen molar-refractivity contribution >= 4 is 5.91 Å². The zero-order chi connectivity index (χ0) is 10.6. The molecule has 0 atom stereocenters. The molecule has 72 valence electrons. The number of carbonyl (C=O) groups is 1. The molecule has 3 nitrogen and oxygen atoms in total. The van der Waals surface area contributed by atoms with Crippen LogP contribution in [-0.2, 0) is 11.4 Å². The second kappa shape index (κ2) is 4.40. The molecule has 0 aliphatic rings. The van der Waals surface area contributed by atoms with Gasteiger partial charge in [0, 0.05) is 5.56 Å². The summed E-state index contributed by atoms with van der Waals surface area (Å²) >= 11 is 0. The van der Waals surface area contributed by atoms with Crippen LogP contribution in [0.5, 0.6) is 0 Å². The number of primary amides is 1. The Balaban J connectivity index is 3.10. The fourth-order valence-electron chi connectivity index (χ4n) is 0.944. The van der Waals surface area contributed by atoms with Crippen molar-refractivity contribution in [3.63, 3.8) is 0 Å². The highest BCUT2D eigenvalue weighted by atomic mass is 19.1. The highest BCUT2D eigenvalue weighted by Crippen LogP contribution is 2.09. The van der Waals surface area contributed by atoms with Crippen molar-refractivity contribution in [2.45, 2.75) is 6.61 Å². The molecule has 0 unspecified atom stereocenters. The summed E-state index contributed by atoms with van der Waals surface area (Å²) in [6.07, 6.45) is 0. The minimum absolute atomic E-state index is 0.332. The summed E-state index contributed by atoms with van der Waals surface area (Å²) < 4.78 is 12.7. The van der Waals surface area contributed by atoms with E-state index in [1.165, 1.54) is 12.1 Å². The van der Waals surface area contributed by atoms with Gasteiger partial charge in [0.25, 0.3) is 5.91 Å². The number of amides is 1. The van der Waals surface area contributed by atoms with Gasteiger partial charge in [0.15, 0.2) is 0 Å². The molecule has 1 aromatic rings. The summed E-state index contributed by atoms with van der Waals surface area (Å²) in [6.45, 7) is -0.333. The monoisotopic (exact) mass is 193 g/mol. The van der Waals surface area contributed by atoms with Gasteiger partial charge in [-0.15, -0.1) is 0 Å². The van der Waals surface area contributed by atoms with E-state index in [2.05, 4.69) is 11.8 Å². The molecule has 1 rings (SSSR count). The van der Waals surface area contributed by atoms with Crippen LogP contribution in [0, 0.1) is 17.7 Å². The average Bonchev–Trinajstić information content (AvgIpc) is 2.15. The van der Waals surface area contributed by atoms with E-state index in [4.69, 9.17) is 10.8 Å². The van der Waals surface area contributed by atoms with E-state index in [-0.39, 0.29) is 6.61 Å². The van der Waals surface area contributed by atoms with Gasteiger partial charge in [-0.1, -0.05) is 5.92 Å². The molecule has 0 spiro atoms. The molecule has 0 saturated carbocycles. The van der Waals surface area contributed by atoms with Crippen LogP contribution in [0.25, 0.3) is 0 Å². The minimum atomic E-state index is -0.766. The predicted molar refractivity (Wildman–Crippen MR) is 48.4 cm³/mol. The fraction of sp³-hybridized carbons (Fsp3) is 0.100. The maximum Gasteiger partial charge on any atom is 0.293 e. The van der Waals surface area contributed by atoms with Gasteiger partial charge in [0.1, 0.15) is 5.82 Å². The first-order valence-corrected chi connectivity index (χ1v) is 3.84. The third-order valence-corrected chi connectivity index (χ3v) is 1.56. The molecular formula is C10H8FNO2. The molecule has 14 heavy (non-hydrogen) atoms. The lowest BCUT2D eigenvalue weighted by atomic mass is 10.1. The maximum atomic E-state index is 12.7. The van der Waals surface area contributed by atoms with E-state index < -0.39 is 11.7 Å². The number of aliphatic hydroxyl groups is 1. The molecule has 1 amide bonds. The number of rotatable bonds is 1. The van der Waals surface area contributed by atoms with Gasteiger partial charge in [0.05, 0.1) is 6.61 Å². The molecule has 0 radical (unpaired) electrons. The number of halogens is 1. The van der Waals surface area contributed by atoms with Crippen LogP contribution < -0.4 is 5.73 Å². The lowest BCUT2D eigenvalue weighted by molar-refractivity contribution is -0.112. The first kappa shape index (κ1) is 10.2. The zero-order valence-corrected chi connectivity index (χ0v) is 7.25. The highest BCUT2D eigenvalue weighted by Gasteiger charge is 2.00. The molecule has 3 N–H and O–H groups in total. The van der Waals surface area contributed by atoms with Crippen molar-refractivity contribution in [1.82, 2.24) is 0 Å². The van der Waals surface area contributed by atoms with Crippen molar-refractivity contribution in [2.75, 3.05) is 0 Å². The van der Waals surface area contributed by atoms with Crippen LogP contribution in [0.4, 0.5) is 4.39 Å². The van der Waals surface area contributed by atoms with E-state index in [1.54, 1.807) is 0 Å². The van der Waals surface area contributed by atoms with Gasteiger partial charge in [-0.2, -0.15) is 0 Å². The highest BCUT2D eigenvalue weighted by molar-refractivity contribution is 5.92. The number of carbonyl (C=O) groups excluding carboxylic acids is 1. The summed E-state index contributed by atoms with van der Waals surface area (Å²) in [4.78, 5) is 10.4. The van der Waals surface area contributed by atoms with Crippen LogP contribution in [-0.4, -0.2) is 11.0 Å². The number of aliphatic hydroxyl groups excluding tert-OH is 1. The normalized spacial score (nSPS) is 9.00. The van der Waals surface area contributed by atoms with Gasteiger partial charge in [0.2, 0.25) is 0 Å². The summed E-state index contributed by atoms with van der Waals surface area (Å²) in [5.74, 6) is 3.33. The van der Waals surface area contributed by atoms with Gasteiger partial charge >= 0.3 is 0 Å². The topological polar surface area (TPSA) is 63.3 Å². The Kier molecular flexibility index (Phi) is 3.21. The Morgan fingerprint density at radius 3 is 2.86 bits per heavy atom. The van der Waals surface area contributed by atoms with Crippen LogP contribution >= 0.6 is 0 Å². The molecule has 0 saturated heterocycles. The smallest absolute Gasteiger partial charge is 0.293 e. The summed E-state index contributed by atoms with van der Waals surface area (Å²) in [6, 6.07) is 3.74. The fourth-order valence-corrected chi connectivity index (χ4v) is 0.944. The molecule has 0 bridgehead atoms. The van der Waals surface area contributed by atoms with E-state index in [9.17, 15) is 9.18 Å². The molecular weight excluding hydrogens is 185 g/mol. The predicted octanol–water partition coefficient (Wildman–Crippen LogP) is 0.155. The second-order valence-corrected chi connectivity index (χ2v) is 2.57. The molecule has 0 aliphatic heterocycles. The largest absolute Gasteiger partial charge is 0.392 e. The van der Waals surface area contributed by atoms with Crippen LogP contribution in [0.15, 0.2) is 18.2 Å². The molecule has 0 aliphatic carbocycles. The average molecular weight is 193 g/mol. The molecule has 0 fully saturated rings. The quantitative estimate of drug-likeness (QED) is 0.624. The van der Waals surface area contributed by atoms with Crippen molar-refractivity contribution in [3.05, 3.63) is 35.1 Å². The Hall–Kier alpha value is -1.86. The molecule has 4 heteroatoms. The Labute approximate surface area is 80.4 Å². The molecule has 0 aromatic heterocycles. The van der Waals surface area contributed by atoms with E-state index >= 15 is 0 Å². The number of hydrogen-bond acceptors (Lipinski definition) is 2. The van der Waals surface area contributed by atoms with Gasteiger partial charge in [-0.25, -0.2) is 4.39 Å². The van der Waals surface area contributed by atoms with E-state index in [0.29, 0.717) is 11.1 Å². The summed E-state index contributed by atoms with van der Waals surface area (Å²) in [5.41, 5.74) is 5.54. The van der Waals surface area contributed by atoms with E-state index in [0.717, 1.165) is 6.07 Å². The third-order valence-electron chi connectivity index (χ3n) is 1.56. The van der Waals surface area contributed by atoms with Crippen molar-refractivity contribution < 1.29 is 14.3 Å². The Morgan fingerprint density at radius 1 is 1.57 bits per heavy atom. The SMILES string of the molecule is NC(=O)C#Cc1ccc(F)cc1CO. The zero-order valence-electron chi connectivity index (χ0n) is 7.25. The van der Waals surface area contributed by atoms with Crippen molar-refractivity contribution in [1.29, 1.82) is 0 Å². The second-order valence-electron chi connectivity index (χ2n) is 2.57.